The first kappa shape index (κ1) is 15.9. The van der Waals surface area contributed by atoms with Crippen LogP contribution in [-0.2, 0) is 6.54 Å². The lowest BCUT2D eigenvalue weighted by Crippen LogP contribution is -2.34. The minimum Gasteiger partial charge on any atom is -0.395 e. The number of benzene rings is 1. The van der Waals surface area contributed by atoms with Gasteiger partial charge in [-0.25, -0.2) is 5.84 Å². The van der Waals surface area contributed by atoms with Crippen molar-refractivity contribution in [2.24, 2.45) is 5.84 Å². The Morgan fingerprint density at radius 1 is 1.43 bits per heavy atom. The van der Waals surface area contributed by atoms with Gasteiger partial charge in [-0.3, -0.25) is 15.1 Å². The molecule has 0 atom stereocenters. The summed E-state index contributed by atoms with van der Waals surface area (Å²) in [5.74, 6) is 5.03. The number of aliphatic hydroxyl groups is 1. The topological polar surface area (TPSA) is 78.6 Å². The van der Waals surface area contributed by atoms with E-state index in [1.807, 2.05) is 24.3 Å². The normalized spacial score (nSPS) is 11.5. The molecule has 0 saturated carbocycles. The second kappa shape index (κ2) is 7.00. The first-order chi connectivity index (χ1) is 10.1. The summed E-state index contributed by atoms with van der Waals surface area (Å²) in [5, 5.41) is 10.3. The molecule has 0 fully saturated rings. The van der Waals surface area contributed by atoms with Crippen molar-refractivity contribution in [1.29, 1.82) is 0 Å². The van der Waals surface area contributed by atoms with Gasteiger partial charge < -0.3 is 5.11 Å². The van der Waals surface area contributed by atoms with Gasteiger partial charge in [-0.2, -0.15) is 0 Å². The van der Waals surface area contributed by atoms with Crippen molar-refractivity contribution in [3.05, 3.63) is 34.7 Å². The molecule has 0 saturated heterocycles. The molecule has 0 aliphatic heterocycles. The molecule has 114 valence electrons. The molecule has 0 spiro atoms. The van der Waals surface area contributed by atoms with Gasteiger partial charge in [0, 0.05) is 23.8 Å². The Balaban J connectivity index is 2.46. The van der Waals surface area contributed by atoms with Crippen LogP contribution >= 0.6 is 11.3 Å². The lowest BCUT2D eigenvalue weighted by molar-refractivity contribution is 0.0954. The number of rotatable bonds is 6. The quantitative estimate of drug-likeness (QED) is 0.431. The van der Waals surface area contributed by atoms with E-state index in [4.69, 9.17) is 5.84 Å². The molecule has 5 nitrogen and oxygen atoms in total. The Kier molecular flexibility index (Phi) is 5.30. The first-order valence-corrected chi connectivity index (χ1v) is 7.76. The van der Waals surface area contributed by atoms with E-state index in [0.717, 1.165) is 15.6 Å². The molecule has 1 aromatic heterocycles. The van der Waals surface area contributed by atoms with Gasteiger partial charge in [0.05, 0.1) is 11.5 Å². The molecule has 0 radical (unpaired) electrons. The highest BCUT2D eigenvalue weighted by Crippen LogP contribution is 2.32. The molecule has 0 aliphatic rings. The van der Waals surface area contributed by atoms with E-state index in [-0.39, 0.29) is 18.6 Å². The third-order valence-electron chi connectivity index (χ3n) is 3.51. The maximum absolute atomic E-state index is 12.0. The van der Waals surface area contributed by atoms with Crippen LogP contribution in [0.5, 0.6) is 0 Å². The van der Waals surface area contributed by atoms with Crippen molar-refractivity contribution in [3.8, 4) is 0 Å². The number of nitrogen functional groups attached to an aromatic ring is 1. The predicted octanol–water partition coefficient (Wildman–Crippen LogP) is 1.71. The SMILES string of the molecule is CC(C)N(CCO)Cc1c(C(=O)NN)sc2ccccc12. The lowest BCUT2D eigenvalue weighted by Gasteiger charge is -2.25. The summed E-state index contributed by atoms with van der Waals surface area (Å²) in [6.45, 7) is 5.44. The van der Waals surface area contributed by atoms with Crippen molar-refractivity contribution in [2.45, 2.75) is 26.4 Å². The molecule has 21 heavy (non-hydrogen) atoms. The highest BCUT2D eigenvalue weighted by Gasteiger charge is 2.20. The number of nitrogens with two attached hydrogens (primary N) is 1. The lowest BCUT2D eigenvalue weighted by atomic mass is 10.1. The summed E-state index contributed by atoms with van der Waals surface area (Å²) in [6.07, 6.45) is 0. The number of hydrogen-bond acceptors (Lipinski definition) is 5. The molecule has 2 rings (SSSR count). The monoisotopic (exact) mass is 307 g/mol. The molecule has 0 bridgehead atoms. The molecule has 6 heteroatoms. The molecule has 0 aliphatic carbocycles. The van der Waals surface area contributed by atoms with Crippen LogP contribution in [0.3, 0.4) is 0 Å². The second-order valence-corrected chi connectivity index (χ2v) is 6.22. The van der Waals surface area contributed by atoms with Gasteiger partial charge >= 0.3 is 0 Å². The van der Waals surface area contributed by atoms with Crippen LogP contribution in [-0.4, -0.2) is 35.1 Å². The standard InChI is InChI=1S/C15H21N3O2S/c1-10(2)18(7-8-19)9-12-11-5-3-4-6-13(11)21-14(12)15(20)17-16/h3-6,10,19H,7-9,16H2,1-2H3,(H,17,20). The molecule has 4 N–H and O–H groups in total. The van der Waals surface area contributed by atoms with Gasteiger partial charge in [-0.1, -0.05) is 18.2 Å². The fourth-order valence-corrected chi connectivity index (χ4v) is 3.47. The predicted molar refractivity (Wildman–Crippen MR) is 86.1 cm³/mol. The number of carbonyl (C=O) groups is 1. The fraction of sp³-hybridized carbons (Fsp3) is 0.400. The smallest absolute Gasteiger partial charge is 0.275 e. The van der Waals surface area contributed by atoms with Gasteiger partial charge in [0.1, 0.15) is 0 Å². The van der Waals surface area contributed by atoms with Crippen LogP contribution in [0.1, 0.15) is 29.1 Å². The van der Waals surface area contributed by atoms with Gasteiger partial charge in [0.25, 0.3) is 5.91 Å². The molecular formula is C15H21N3O2S. The van der Waals surface area contributed by atoms with Gasteiger partial charge in [-0.05, 0) is 30.9 Å². The van der Waals surface area contributed by atoms with Gasteiger partial charge in [0.15, 0.2) is 0 Å². The first-order valence-electron chi connectivity index (χ1n) is 6.94. The van der Waals surface area contributed by atoms with Gasteiger partial charge in [-0.15, -0.1) is 11.3 Å². The number of nitrogens with one attached hydrogen (secondary N) is 1. The number of aliphatic hydroxyl groups excluding tert-OH is 1. The Morgan fingerprint density at radius 3 is 2.76 bits per heavy atom. The molecule has 1 amide bonds. The minimum absolute atomic E-state index is 0.0959. The van der Waals surface area contributed by atoms with Crippen molar-refractivity contribution < 1.29 is 9.90 Å². The highest BCUT2D eigenvalue weighted by atomic mass is 32.1. The number of hydrogen-bond donors (Lipinski definition) is 3. The summed E-state index contributed by atoms with van der Waals surface area (Å²) in [5.41, 5.74) is 3.19. The largest absolute Gasteiger partial charge is 0.395 e. The maximum Gasteiger partial charge on any atom is 0.275 e. The van der Waals surface area contributed by atoms with Crippen LogP contribution in [0.2, 0.25) is 0 Å². The third-order valence-corrected chi connectivity index (χ3v) is 4.73. The Morgan fingerprint density at radius 2 is 2.14 bits per heavy atom. The molecular weight excluding hydrogens is 286 g/mol. The summed E-state index contributed by atoms with van der Waals surface area (Å²) in [7, 11) is 0. The zero-order valence-corrected chi connectivity index (χ0v) is 13.1. The van der Waals surface area contributed by atoms with Crippen molar-refractivity contribution >= 4 is 27.3 Å². The highest BCUT2D eigenvalue weighted by molar-refractivity contribution is 7.21. The Hall–Kier alpha value is -1.47. The molecule has 0 unspecified atom stereocenters. The van der Waals surface area contributed by atoms with E-state index in [1.165, 1.54) is 11.3 Å². The maximum atomic E-state index is 12.0. The van der Waals surface area contributed by atoms with Gasteiger partial charge in [0.2, 0.25) is 0 Å². The van der Waals surface area contributed by atoms with Crippen molar-refractivity contribution in [3.63, 3.8) is 0 Å². The summed E-state index contributed by atoms with van der Waals surface area (Å²) in [6, 6.07) is 8.23. The average Bonchev–Trinajstić information content (AvgIpc) is 2.84. The third kappa shape index (κ3) is 3.41. The van der Waals surface area contributed by atoms with E-state index in [1.54, 1.807) is 0 Å². The zero-order valence-electron chi connectivity index (χ0n) is 12.3. The van der Waals surface area contributed by atoms with Crippen LogP contribution < -0.4 is 11.3 Å². The number of fused-ring (bicyclic) bond motifs is 1. The Labute approximate surface area is 128 Å². The minimum atomic E-state index is -0.265. The average molecular weight is 307 g/mol. The van der Waals surface area contributed by atoms with E-state index < -0.39 is 0 Å². The summed E-state index contributed by atoms with van der Waals surface area (Å²) in [4.78, 5) is 14.8. The number of carbonyl (C=O) groups excluding carboxylic acids is 1. The van der Waals surface area contributed by atoms with Crippen LogP contribution in [0.25, 0.3) is 10.1 Å². The number of nitrogens with zero attached hydrogens (tertiary/aromatic N) is 1. The molecule has 1 heterocycles. The number of hydrazine groups is 1. The summed E-state index contributed by atoms with van der Waals surface area (Å²) >= 11 is 1.45. The van der Waals surface area contributed by atoms with E-state index in [2.05, 4.69) is 24.2 Å². The zero-order chi connectivity index (χ0) is 15.4. The summed E-state index contributed by atoms with van der Waals surface area (Å²) < 4.78 is 1.07. The molecule has 1 aromatic carbocycles. The van der Waals surface area contributed by atoms with E-state index in [0.29, 0.717) is 18.0 Å². The van der Waals surface area contributed by atoms with E-state index >= 15 is 0 Å². The second-order valence-electron chi connectivity index (χ2n) is 5.17. The fourth-order valence-electron chi connectivity index (χ4n) is 2.36. The number of thiophene rings is 1. The van der Waals surface area contributed by atoms with E-state index in [9.17, 15) is 9.90 Å². The Bertz CT molecular complexity index is 624. The van der Waals surface area contributed by atoms with Crippen LogP contribution in [0.4, 0.5) is 0 Å². The van der Waals surface area contributed by atoms with Crippen molar-refractivity contribution in [1.82, 2.24) is 10.3 Å². The van der Waals surface area contributed by atoms with Crippen LogP contribution in [0, 0.1) is 0 Å². The van der Waals surface area contributed by atoms with Crippen LogP contribution in [0.15, 0.2) is 24.3 Å². The molecule has 2 aromatic rings. The van der Waals surface area contributed by atoms with Crippen molar-refractivity contribution in [2.75, 3.05) is 13.2 Å². The number of amides is 1.